The lowest BCUT2D eigenvalue weighted by molar-refractivity contribution is -0.143. The van der Waals surface area contributed by atoms with E-state index in [1.807, 2.05) is 0 Å². The molecule has 4 unspecified atom stereocenters. The van der Waals surface area contributed by atoms with Gasteiger partial charge in [-0.05, 0) is 44.7 Å². The van der Waals surface area contributed by atoms with Crippen LogP contribution in [0.3, 0.4) is 0 Å². The number of benzene rings is 1. The second-order valence-corrected chi connectivity index (χ2v) is 8.22. The van der Waals surface area contributed by atoms with Gasteiger partial charge in [0.25, 0.3) is 0 Å². The molecule has 0 aliphatic heterocycles. The standard InChI is InChI=1S/C23H35N5O7/c1-14(25)20(31)26-16(9-5-6-12-24)21(32)27-17(10-11-19(29)30)22(33)28-18(23(34)35)13-15-7-3-2-4-8-15/h2-4,7-8,14,16-18H,5-6,9-13,24-25H2,1H3,(H,26,31)(H,27,32)(H,28,33)(H,29,30)(H,34,35). The zero-order valence-corrected chi connectivity index (χ0v) is 19.7. The molecule has 1 aromatic rings. The molecule has 1 aromatic carbocycles. The van der Waals surface area contributed by atoms with E-state index < -0.39 is 60.2 Å². The van der Waals surface area contributed by atoms with Crippen molar-refractivity contribution in [3.05, 3.63) is 35.9 Å². The van der Waals surface area contributed by atoms with Crippen molar-refractivity contribution in [2.45, 2.75) is 69.6 Å². The molecule has 0 aliphatic carbocycles. The van der Waals surface area contributed by atoms with Crippen LogP contribution in [0.15, 0.2) is 30.3 Å². The predicted octanol–water partition coefficient (Wildman–Crippen LogP) is -0.891. The summed E-state index contributed by atoms with van der Waals surface area (Å²) in [6, 6.07) is 4.11. The van der Waals surface area contributed by atoms with Gasteiger partial charge in [0.2, 0.25) is 17.7 Å². The number of amides is 3. The molecule has 1 rings (SSSR count). The molecule has 4 atom stereocenters. The van der Waals surface area contributed by atoms with Crippen molar-refractivity contribution in [2.24, 2.45) is 11.5 Å². The molecule has 0 aromatic heterocycles. The predicted molar refractivity (Wildman–Crippen MR) is 127 cm³/mol. The van der Waals surface area contributed by atoms with E-state index >= 15 is 0 Å². The smallest absolute Gasteiger partial charge is 0.326 e. The molecule has 3 amide bonds. The Bertz CT molecular complexity index is 863. The minimum atomic E-state index is -1.33. The molecule has 0 aliphatic rings. The average Bonchev–Trinajstić information content (AvgIpc) is 2.80. The molecular formula is C23H35N5O7. The number of rotatable bonds is 16. The van der Waals surface area contributed by atoms with E-state index in [0.29, 0.717) is 24.9 Å². The van der Waals surface area contributed by atoms with Crippen molar-refractivity contribution < 1.29 is 34.2 Å². The molecule has 0 saturated heterocycles. The number of carbonyl (C=O) groups is 5. The highest BCUT2D eigenvalue weighted by atomic mass is 16.4. The topological polar surface area (TPSA) is 214 Å². The Labute approximate surface area is 203 Å². The third-order valence-electron chi connectivity index (χ3n) is 5.17. The summed E-state index contributed by atoms with van der Waals surface area (Å²) in [5.41, 5.74) is 11.7. The average molecular weight is 494 g/mol. The molecule has 0 fully saturated rings. The third-order valence-corrected chi connectivity index (χ3v) is 5.17. The van der Waals surface area contributed by atoms with E-state index in [4.69, 9.17) is 16.6 Å². The van der Waals surface area contributed by atoms with E-state index in [1.54, 1.807) is 30.3 Å². The highest BCUT2D eigenvalue weighted by molar-refractivity contribution is 5.94. The lowest BCUT2D eigenvalue weighted by atomic mass is 10.0. The van der Waals surface area contributed by atoms with Gasteiger partial charge in [-0.15, -0.1) is 0 Å². The first kappa shape index (κ1) is 29.5. The van der Waals surface area contributed by atoms with Gasteiger partial charge < -0.3 is 37.6 Å². The maximum absolute atomic E-state index is 12.9. The molecule has 12 nitrogen and oxygen atoms in total. The summed E-state index contributed by atoms with van der Waals surface area (Å²) in [6.45, 7) is 1.84. The lowest BCUT2D eigenvalue weighted by Crippen LogP contribution is -2.57. The molecule has 0 saturated carbocycles. The zero-order valence-electron chi connectivity index (χ0n) is 19.7. The van der Waals surface area contributed by atoms with Gasteiger partial charge >= 0.3 is 11.9 Å². The highest BCUT2D eigenvalue weighted by Crippen LogP contribution is 2.07. The normalized spacial score (nSPS) is 14.1. The number of aliphatic carboxylic acids is 2. The Morgan fingerprint density at radius 2 is 1.37 bits per heavy atom. The van der Waals surface area contributed by atoms with Gasteiger partial charge in [0.05, 0.1) is 6.04 Å². The Morgan fingerprint density at radius 1 is 0.829 bits per heavy atom. The highest BCUT2D eigenvalue weighted by Gasteiger charge is 2.30. The van der Waals surface area contributed by atoms with Crippen LogP contribution in [-0.2, 0) is 30.4 Å². The van der Waals surface area contributed by atoms with Gasteiger partial charge in [-0.3, -0.25) is 19.2 Å². The van der Waals surface area contributed by atoms with Crippen molar-refractivity contribution in [1.29, 1.82) is 0 Å². The van der Waals surface area contributed by atoms with Crippen LogP contribution in [0.5, 0.6) is 0 Å². The first-order chi connectivity index (χ1) is 16.5. The van der Waals surface area contributed by atoms with Crippen LogP contribution in [0.4, 0.5) is 0 Å². The Morgan fingerprint density at radius 3 is 1.89 bits per heavy atom. The first-order valence-electron chi connectivity index (χ1n) is 11.4. The van der Waals surface area contributed by atoms with Crippen LogP contribution in [0, 0.1) is 0 Å². The van der Waals surface area contributed by atoms with Crippen LogP contribution in [-0.4, -0.2) is 70.6 Å². The Hall–Kier alpha value is -3.51. The number of unbranched alkanes of at least 4 members (excludes halogenated alkanes) is 1. The molecule has 0 spiro atoms. The molecular weight excluding hydrogens is 458 g/mol. The number of nitrogens with one attached hydrogen (secondary N) is 3. The minimum absolute atomic E-state index is 0.00628. The van der Waals surface area contributed by atoms with Gasteiger partial charge in [0.1, 0.15) is 18.1 Å². The van der Waals surface area contributed by atoms with Crippen molar-refractivity contribution in [1.82, 2.24) is 16.0 Å². The third kappa shape index (κ3) is 11.5. The molecule has 9 N–H and O–H groups in total. The van der Waals surface area contributed by atoms with Crippen LogP contribution >= 0.6 is 0 Å². The maximum Gasteiger partial charge on any atom is 0.326 e. The van der Waals surface area contributed by atoms with Gasteiger partial charge in [0, 0.05) is 12.8 Å². The van der Waals surface area contributed by atoms with Crippen molar-refractivity contribution in [3.63, 3.8) is 0 Å². The summed E-state index contributed by atoms with van der Waals surface area (Å²) in [5.74, 6) is -4.60. The van der Waals surface area contributed by atoms with E-state index in [0.717, 1.165) is 0 Å². The molecule has 0 radical (unpaired) electrons. The summed E-state index contributed by atoms with van der Waals surface area (Å²) < 4.78 is 0. The monoisotopic (exact) mass is 493 g/mol. The van der Waals surface area contributed by atoms with E-state index in [2.05, 4.69) is 16.0 Å². The van der Waals surface area contributed by atoms with E-state index in [9.17, 15) is 29.1 Å². The Kier molecular flexibility index (Phi) is 13.0. The quantitative estimate of drug-likeness (QED) is 0.142. The van der Waals surface area contributed by atoms with Gasteiger partial charge in [-0.2, -0.15) is 0 Å². The van der Waals surface area contributed by atoms with Crippen LogP contribution in [0.2, 0.25) is 0 Å². The summed E-state index contributed by atoms with van der Waals surface area (Å²) in [7, 11) is 0. The second-order valence-electron chi connectivity index (χ2n) is 8.22. The number of carboxylic acids is 2. The van der Waals surface area contributed by atoms with Gasteiger partial charge in [0.15, 0.2) is 0 Å². The first-order valence-corrected chi connectivity index (χ1v) is 11.4. The number of carboxylic acid groups (broad SMARTS) is 2. The van der Waals surface area contributed by atoms with Crippen molar-refractivity contribution in [3.8, 4) is 0 Å². The number of carbonyl (C=O) groups excluding carboxylic acids is 3. The summed E-state index contributed by atoms with van der Waals surface area (Å²) in [4.78, 5) is 60.7. The SMILES string of the molecule is CC(N)C(=O)NC(CCCCN)C(=O)NC(CCC(=O)O)C(=O)NC(Cc1ccccc1)C(=O)O. The fraction of sp³-hybridized carbons (Fsp3) is 0.522. The molecule has 35 heavy (non-hydrogen) atoms. The molecule has 12 heteroatoms. The van der Waals surface area contributed by atoms with Crippen LogP contribution < -0.4 is 27.4 Å². The summed E-state index contributed by atoms with van der Waals surface area (Å²) in [6.07, 6.45) is 0.604. The summed E-state index contributed by atoms with van der Waals surface area (Å²) in [5, 5.41) is 26.0. The maximum atomic E-state index is 12.9. The van der Waals surface area contributed by atoms with Gasteiger partial charge in [-0.1, -0.05) is 30.3 Å². The largest absolute Gasteiger partial charge is 0.481 e. The number of hydrogen-bond acceptors (Lipinski definition) is 7. The zero-order chi connectivity index (χ0) is 26.4. The number of nitrogens with two attached hydrogens (primary N) is 2. The molecule has 194 valence electrons. The van der Waals surface area contributed by atoms with Crippen LogP contribution in [0.25, 0.3) is 0 Å². The Balaban J connectivity index is 3.00. The fourth-order valence-electron chi connectivity index (χ4n) is 3.20. The minimum Gasteiger partial charge on any atom is -0.481 e. The van der Waals surface area contributed by atoms with Crippen molar-refractivity contribution in [2.75, 3.05) is 6.54 Å². The number of hydrogen-bond donors (Lipinski definition) is 7. The summed E-state index contributed by atoms with van der Waals surface area (Å²) >= 11 is 0. The van der Waals surface area contributed by atoms with Gasteiger partial charge in [-0.25, -0.2) is 4.79 Å². The molecule has 0 bridgehead atoms. The van der Waals surface area contributed by atoms with E-state index in [1.165, 1.54) is 6.92 Å². The van der Waals surface area contributed by atoms with Crippen molar-refractivity contribution >= 4 is 29.7 Å². The van der Waals surface area contributed by atoms with Crippen LogP contribution in [0.1, 0.15) is 44.6 Å². The fourth-order valence-corrected chi connectivity index (χ4v) is 3.20. The molecule has 0 heterocycles. The second kappa shape index (κ2) is 15.4. The lowest BCUT2D eigenvalue weighted by Gasteiger charge is -2.25. The van der Waals surface area contributed by atoms with E-state index in [-0.39, 0.29) is 19.3 Å².